The van der Waals surface area contributed by atoms with E-state index in [-0.39, 0.29) is 0 Å². The molecular weight excluding hydrogens is 572 g/mol. The Kier molecular flexibility index (Phi) is 5.09. The van der Waals surface area contributed by atoms with Crippen LogP contribution in [0, 0.1) is 0 Å². The molecule has 0 atom stereocenters. The average molecular weight is 595 g/mol. The first kappa shape index (κ1) is 24.8. The van der Waals surface area contributed by atoms with Gasteiger partial charge in [0.15, 0.2) is 0 Å². The van der Waals surface area contributed by atoms with Crippen LogP contribution >= 0.6 is 11.6 Å². The summed E-state index contributed by atoms with van der Waals surface area (Å²) < 4.78 is 12.6. The molecule has 1 aliphatic rings. The molecule has 2 heterocycles. The zero-order valence-electron chi connectivity index (χ0n) is 24.0. The number of furan rings is 2. The molecule has 210 valence electrons. The van der Waals surface area contributed by atoms with Gasteiger partial charge in [-0.25, -0.2) is 0 Å². The lowest BCUT2D eigenvalue weighted by atomic mass is 9.79. The van der Waals surface area contributed by atoms with E-state index in [1.54, 1.807) is 0 Å². The summed E-state index contributed by atoms with van der Waals surface area (Å²) in [5.41, 5.74) is 15.0. The van der Waals surface area contributed by atoms with Crippen molar-refractivity contribution in [3.05, 3.63) is 145 Å². The van der Waals surface area contributed by atoms with Gasteiger partial charge >= 0.3 is 0 Å². The summed E-state index contributed by atoms with van der Waals surface area (Å²) in [5.74, 6) is 0. The molecule has 0 saturated heterocycles. The van der Waals surface area contributed by atoms with Gasteiger partial charge in [0.2, 0.25) is 0 Å². The number of para-hydroxylation sites is 2. The van der Waals surface area contributed by atoms with Gasteiger partial charge in [-0.05, 0) is 105 Å². The number of benzene rings is 7. The Morgan fingerprint density at radius 2 is 0.933 bits per heavy atom. The van der Waals surface area contributed by atoms with Gasteiger partial charge in [0.25, 0.3) is 0 Å². The lowest BCUT2D eigenvalue weighted by molar-refractivity contribution is 0.668. The molecule has 2 aromatic heterocycles. The van der Waals surface area contributed by atoms with Gasteiger partial charge in [-0.1, -0.05) is 96.5 Å². The Morgan fingerprint density at radius 3 is 1.80 bits per heavy atom. The van der Waals surface area contributed by atoms with Crippen molar-refractivity contribution < 1.29 is 8.83 Å². The molecule has 0 bridgehead atoms. The van der Waals surface area contributed by atoms with Crippen LogP contribution in [-0.4, -0.2) is 0 Å². The van der Waals surface area contributed by atoms with Crippen molar-refractivity contribution in [1.29, 1.82) is 0 Å². The fraction of sp³-hybridized carbons (Fsp3) is 0. The van der Waals surface area contributed by atoms with Gasteiger partial charge < -0.3 is 8.83 Å². The summed E-state index contributed by atoms with van der Waals surface area (Å²) in [7, 11) is 0. The highest BCUT2D eigenvalue weighted by atomic mass is 35.5. The maximum absolute atomic E-state index is 6.79. The third-order valence-electron chi connectivity index (χ3n) is 9.32. The Labute approximate surface area is 263 Å². The van der Waals surface area contributed by atoms with E-state index in [0.717, 1.165) is 77.3 Å². The van der Waals surface area contributed by atoms with Crippen LogP contribution in [0.25, 0.3) is 99.5 Å². The van der Waals surface area contributed by atoms with Crippen LogP contribution in [0.4, 0.5) is 0 Å². The van der Waals surface area contributed by atoms with E-state index in [0.29, 0.717) is 5.02 Å². The van der Waals surface area contributed by atoms with E-state index >= 15 is 0 Å². The Bertz CT molecular complexity index is 2670. The molecule has 0 amide bonds. The molecule has 0 unspecified atom stereocenters. The fourth-order valence-electron chi connectivity index (χ4n) is 7.32. The quantitative estimate of drug-likeness (QED) is 0.189. The third kappa shape index (κ3) is 3.58. The number of rotatable bonds is 1. The SMILES string of the molecule is Clc1ccc2c(c1)-c1cc(-c3ccc4c(c3)oc3ccccc34)ccc1-c1ccccc1-c1ccc3oc4ccccc4c3c1-2. The summed E-state index contributed by atoms with van der Waals surface area (Å²) >= 11 is 6.79. The van der Waals surface area contributed by atoms with Crippen molar-refractivity contribution in [3.63, 3.8) is 0 Å². The number of hydrogen-bond acceptors (Lipinski definition) is 2. The van der Waals surface area contributed by atoms with Crippen LogP contribution in [0.15, 0.2) is 148 Å². The van der Waals surface area contributed by atoms with Crippen molar-refractivity contribution >= 4 is 55.5 Å². The van der Waals surface area contributed by atoms with Crippen molar-refractivity contribution in [3.8, 4) is 55.6 Å². The summed E-state index contributed by atoms with van der Waals surface area (Å²) in [5, 5.41) is 5.19. The minimum absolute atomic E-state index is 0.702. The first-order valence-electron chi connectivity index (χ1n) is 15.1. The molecule has 0 radical (unpaired) electrons. The molecule has 10 rings (SSSR count). The maximum Gasteiger partial charge on any atom is 0.136 e. The highest BCUT2D eigenvalue weighted by Gasteiger charge is 2.26. The summed E-state index contributed by atoms with van der Waals surface area (Å²) in [6.07, 6.45) is 0. The monoisotopic (exact) mass is 594 g/mol. The van der Waals surface area contributed by atoms with Gasteiger partial charge in [0.05, 0.1) is 0 Å². The highest BCUT2D eigenvalue weighted by Crippen LogP contribution is 2.52. The molecule has 3 heteroatoms. The largest absolute Gasteiger partial charge is 0.456 e. The van der Waals surface area contributed by atoms with E-state index in [9.17, 15) is 0 Å². The second-order valence-corrected chi connectivity index (χ2v) is 12.2. The zero-order valence-corrected chi connectivity index (χ0v) is 24.7. The molecule has 9 aromatic rings. The van der Waals surface area contributed by atoms with Crippen LogP contribution in [0.5, 0.6) is 0 Å². The van der Waals surface area contributed by atoms with Crippen molar-refractivity contribution in [2.75, 3.05) is 0 Å². The highest BCUT2D eigenvalue weighted by molar-refractivity contribution is 6.31. The van der Waals surface area contributed by atoms with E-state index in [1.807, 2.05) is 30.3 Å². The van der Waals surface area contributed by atoms with E-state index in [1.165, 1.54) is 22.3 Å². The van der Waals surface area contributed by atoms with Crippen molar-refractivity contribution in [2.45, 2.75) is 0 Å². The summed E-state index contributed by atoms with van der Waals surface area (Å²) in [6.45, 7) is 0. The van der Waals surface area contributed by atoms with E-state index in [4.69, 9.17) is 20.4 Å². The third-order valence-corrected chi connectivity index (χ3v) is 9.56. The predicted octanol–water partition coefficient (Wildman–Crippen LogP) is 12.8. The Hall–Kier alpha value is -5.57. The molecule has 0 saturated carbocycles. The number of hydrogen-bond donors (Lipinski definition) is 0. The molecule has 0 spiro atoms. The lowest BCUT2D eigenvalue weighted by Gasteiger charge is -2.24. The molecule has 7 aromatic carbocycles. The van der Waals surface area contributed by atoms with Gasteiger partial charge in [-0.3, -0.25) is 0 Å². The number of fused-ring (bicyclic) bond motifs is 15. The standard InChI is InChI=1S/C42H23ClO2/c43-26-15-18-33-36(23-26)35-21-24(25-14-17-31-30-9-3-5-11-37(30)45-40(31)22-25)13-16-29(35)27-7-1-2-8-28(27)32-19-20-39-42(41(32)33)34-10-4-6-12-38(34)44-39/h1-23H. The van der Waals surface area contributed by atoms with Crippen molar-refractivity contribution in [2.24, 2.45) is 0 Å². The van der Waals surface area contributed by atoms with Crippen LogP contribution in [0.2, 0.25) is 5.02 Å². The molecule has 0 N–H and O–H groups in total. The first-order chi connectivity index (χ1) is 22.2. The second-order valence-electron chi connectivity index (χ2n) is 11.8. The Morgan fingerprint density at radius 1 is 0.356 bits per heavy atom. The minimum atomic E-state index is 0.702. The number of halogens is 1. The van der Waals surface area contributed by atoms with Gasteiger partial charge in [-0.15, -0.1) is 0 Å². The fourth-order valence-corrected chi connectivity index (χ4v) is 7.49. The topological polar surface area (TPSA) is 26.3 Å². The van der Waals surface area contributed by atoms with E-state index < -0.39 is 0 Å². The second kappa shape index (κ2) is 9.22. The average Bonchev–Trinajstić information content (AvgIpc) is 3.65. The van der Waals surface area contributed by atoms with Gasteiger partial charge in [0, 0.05) is 32.1 Å². The van der Waals surface area contributed by atoms with Gasteiger partial charge in [0.1, 0.15) is 22.3 Å². The summed E-state index contributed by atoms with van der Waals surface area (Å²) in [4.78, 5) is 0. The lowest BCUT2D eigenvalue weighted by Crippen LogP contribution is -1.98. The smallest absolute Gasteiger partial charge is 0.136 e. The molecule has 45 heavy (non-hydrogen) atoms. The molecule has 0 aliphatic heterocycles. The van der Waals surface area contributed by atoms with Crippen LogP contribution in [0.3, 0.4) is 0 Å². The predicted molar refractivity (Wildman–Crippen MR) is 187 cm³/mol. The van der Waals surface area contributed by atoms with Crippen molar-refractivity contribution in [1.82, 2.24) is 0 Å². The normalized spacial score (nSPS) is 12.1. The maximum atomic E-state index is 6.79. The molecule has 2 nitrogen and oxygen atoms in total. The minimum Gasteiger partial charge on any atom is -0.456 e. The summed E-state index contributed by atoms with van der Waals surface area (Å²) in [6, 6.07) is 49.1. The van der Waals surface area contributed by atoms with Crippen LogP contribution in [-0.2, 0) is 0 Å². The first-order valence-corrected chi connectivity index (χ1v) is 15.5. The van der Waals surface area contributed by atoms with Crippen LogP contribution < -0.4 is 0 Å². The zero-order chi connectivity index (χ0) is 29.6. The van der Waals surface area contributed by atoms with E-state index in [2.05, 4.69) is 109 Å². The van der Waals surface area contributed by atoms with Crippen LogP contribution in [0.1, 0.15) is 0 Å². The molecule has 0 fully saturated rings. The Balaban J connectivity index is 1.29. The molecule has 1 aliphatic carbocycles. The van der Waals surface area contributed by atoms with Gasteiger partial charge in [-0.2, -0.15) is 0 Å². The molecular formula is C42H23ClO2.